The van der Waals surface area contributed by atoms with Gasteiger partial charge in [0.15, 0.2) is 0 Å². The van der Waals surface area contributed by atoms with Crippen LogP contribution >= 0.6 is 11.6 Å². The van der Waals surface area contributed by atoms with E-state index in [1.807, 2.05) is 0 Å². The van der Waals surface area contributed by atoms with Crippen molar-refractivity contribution in [3.8, 4) is 0 Å². The van der Waals surface area contributed by atoms with Crippen molar-refractivity contribution in [2.75, 3.05) is 11.9 Å². The summed E-state index contributed by atoms with van der Waals surface area (Å²) in [5.74, 6) is 0.329. The van der Waals surface area contributed by atoms with Gasteiger partial charge in [-0.25, -0.2) is 14.4 Å². The van der Waals surface area contributed by atoms with Crippen LogP contribution in [0.15, 0.2) is 36.7 Å². The fourth-order valence-corrected chi connectivity index (χ4v) is 1.47. The molecule has 0 amide bonds. The zero-order valence-corrected chi connectivity index (χ0v) is 9.32. The van der Waals surface area contributed by atoms with E-state index in [-0.39, 0.29) is 5.82 Å². The van der Waals surface area contributed by atoms with Gasteiger partial charge in [-0.2, -0.15) is 0 Å². The molecule has 0 aliphatic heterocycles. The van der Waals surface area contributed by atoms with Gasteiger partial charge in [0.25, 0.3) is 0 Å². The first-order valence-corrected chi connectivity index (χ1v) is 5.01. The minimum atomic E-state index is -0.287. The Kier molecular flexibility index (Phi) is 3.01. The van der Waals surface area contributed by atoms with Crippen LogP contribution in [-0.2, 0) is 0 Å². The summed E-state index contributed by atoms with van der Waals surface area (Å²) >= 11 is 5.76. The average Bonchev–Trinajstić information content (AvgIpc) is 2.28. The van der Waals surface area contributed by atoms with E-state index in [0.717, 1.165) is 0 Å². The summed E-state index contributed by atoms with van der Waals surface area (Å²) in [6.07, 6.45) is 1.37. The van der Waals surface area contributed by atoms with Gasteiger partial charge in [-0.05, 0) is 18.2 Å². The first kappa shape index (κ1) is 10.8. The summed E-state index contributed by atoms with van der Waals surface area (Å²) in [7, 11) is 1.79. The molecular formula is C11H9ClFN3. The number of halogens is 2. The molecule has 1 aromatic carbocycles. The standard InChI is InChI=1S/C11H9ClFN3/c1-16(9-4-2-3-8(13)5-9)11-6-10(12)14-7-15-11/h2-7H,1H3. The van der Waals surface area contributed by atoms with Gasteiger partial charge >= 0.3 is 0 Å². The van der Waals surface area contributed by atoms with Gasteiger partial charge in [-0.1, -0.05) is 17.7 Å². The number of hydrogen-bond acceptors (Lipinski definition) is 3. The lowest BCUT2D eigenvalue weighted by Gasteiger charge is -2.17. The minimum absolute atomic E-state index is 0.287. The summed E-state index contributed by atoms with van der Waals surface area (Å²) < 4.78 is 13.0. The maximum atomic E-state index is 13.0. The lowest BCUT2D eigenvalue weighted by molar-refractivity contribution is 0.628. The molecule has 16 heavy (non-hydrogen) atoms. The van der Waals surface area contributed by atoms with Crippen molar-refractivity contribution in [1.29, 1.82) is 0 Å². The molecule has 2 aromatic rings. The smallest absolute Gasteiger partial charge is 0.137 e. The van der Waals surface area contributed by atoms with Crippen LogP contribution in [0.5, 0.6) is 0 Å². The Hall–Kier alpha value is -1.68. The summed E-state index contributed by atoms with van der Waals surface area (Å²) in [6.45, 7) is 0. The third-order valence-corrected chi connectivity index (χ3v) is 2.37. The maximum absolute atomic E-state index is 13.0. The summed E-state index contributed by atoms with van der Waals surface area (Å²) in [6, 6.07) is 7.87. The fourth-order valence-electron chi connectivity index (χ4n) is 1.32. The van der Waals surface area contributed by atoms with Gasteiger partial charge in [0.2, 0.25) is 0 Å². The molecule has 1 heterocycles. The highest BCUT2D eigenvalue weighted by molar-refractivity contribution is 6.29. The molecule has 0 saturated carbocycles. The number of hydrogen-bond donors (Lipinski definition) is 0. The van der Waals surface area contributed by atoms with Crippen LogP contribution in [0.2, 0.25) is 5.15 Å². The Morgan fingerprint density at radius 1 is 1.25 bits per heavy atom. The van der Waals surface area contributed by atoms with Crippen LogP contribution in [0, 0.1) is 5.82 Å². The molecule has 2 rings (SSSR count). The number of anilines is 2. The first-order valence-electron chi connectivity index (χ1n) is 4.63. The van der Waals surface area contributed by atoms with Crippen LogP contribution in [0.25, 0.3) is 0 Å². The molecule has 0 bridgehead atoms. The molecular weight excluding hydrogens is 229 g/mol. The summed E-state index contributed by atoms with van der Waals surface area (Å²) in [5.41, 5.74) is 0.703. The van der Waals surface area contributed by atoms with Gasteiger partial charge in [0.05, 0.1) is 0 Å². The number of aromatic nitrogens is 2. The van der Waals surface area contributed by atoms with Crippen LogP contribution in [0.1, 0.15) is 0 Å². The largest absolute Gasteiger partial charge is 0.329 e. The number of rotatable bonds is 2. The van der Waals surface area contributed by atoms with Gasteiger partial charge in [0, 0.05) is 18.8 Å². The second kappa shape index (κ2) is 4.45. The highest BCUT2D eigenvalue weighted by Gasteiger charge is 2.06. The van der Waals surface area contributed by atoms with E-state index < -0.39 is 0 Å². The van der Waals surface area contributed by atoms with Crippen molar-refractivity contribution in [1.82, 2.24) is 9.97 Å². The van der Waals surface area contributed by atoms with E-state index in [9.17, 15) is 4.39 Å². The fraction of sp³-hybridized carbons (Fsp3) is 0.0909. The molecule has 5 heteroatoms. The van der Waals surface area contributed by atoms with Crippen LogP contribution < -0.4 is 4.90 Å². The van der Waals surface area contributed by atoms with E-state index in [0.29, 0.717) is 16.7 Å². The average molecular weight is 238 g/mol. The van der Waals surface area contributed by atoms with Crippen molar-refractivity contribution >= 4 is 23.1 Å². The van der Waals surface area contributed by atoms with E-state index in [1.54, 1.807) is 30.1 Å². The third kappa shape index (κ3) is 2.28. The van der Waals surface area contributed by atoms with E-state index in [1.165, 1.54) is 18.5 Å². The zero-order chi connectivity index (χ0) is 11.5. The Morgan fingerprint density at radius 3 is 2.75 bits per heavy atom. The van der Waals surface area contributed by atoms with Crippen molar-refractivity contribution in [2.24, 2.45) is 0 Å². The Morgan fingerprint density at radius 2 is 2.06 bits per heavy atom. The number of nitrogens with zero attached hydrogens (tertiary/aromatic N) is 3. The van der Waals surface area contributed by atoms with Crippen LogP contribution in [0.3, 0.4) is 0 Å². The molecule has 0 aliphatic rings. The topological polar surface area (TPSA) is 29.0 Å². The van der Waals surface area contributed by atoms with Gasteiger partial charge in [-0.15, -0.1) is 0 Å². The molecule has 0 saturated heterocycles. The van der Waals surface area contributed by atoms with Crippen molar-refractivity contribution < 1.29 is 4.39 Å². The molecule has 0 radical (unpaired) electrons. The van der Waals surface area contributed by atoms with E-state index in [4.69, 9.17) is 11.6 Å². The third-order valence-electron chi connectivity index (χ3n) is 2.16. The predicted molar refractivity (Wildman–Crippen MR) is 61.5 cm³/mol. The zero-order valence-electron chi connectivity index (χ0n) is 8.56. The molecule has 0 spiro atoms. The van der Waals surface area contributed by atoms with Crippen molar-refractivity contribution in [3.63, 3.8) is 0 Å². The Bertz CT molecular complexity index is 459. The second-order valence-corrected chi connectivity index (χ2v) is 3.63. The molecule has 1 aromatic heterocycles. The maximum Gasteiger partial charge on any atom is 0.137 e. The highest BCUT2D eigenvalue weighted by atomic mass is 35.5. The predicted octanol–water partition coefficient (Wildman–Crippen LogP) is 3.04. The summed E-state index contributed by atoms with van der Waals surface area (Å²) in [4.78, 5) is 9.57. The molecule has 3 nitrogen and oxygen atoms in total. The monoisotopic (exact) mass is 237 g/mol. The highest BCUT2D eigenvalue weighted by Crippen LogP contribution is 2.22. The van der Waals surface area contributed by atoms with E-state index >= 15 is 0 Å². The first-order chi connectivity index (χ1) is 7.66. The SMILES string of the molecule is CN(c1cccc(F)c1)c1cc(Cl)ncn1. The lowest BCUT2D eigenvalue weighted by Crippen LogP contribution is -2.11. The normalized spacial score (nSPS) is 10.2. The quantitative estimate of drug-likeness (QED) is 0.752. The van der Waals surface area contributed by atoms with Crippen LogP contribution in [0.4, 0.5) is 15.9 Å². The van der Waals surface area contributed by atoms with Crippen LogP contribution in [-0.4, -0.2) is 17.0 Å². The molecule has 0 atom stereocenters. The molecule has 82 valence electrons. The van der Waals surface area contributed by atoms with Gasteiger partial charge < -0.3 is 4.90 Å². The van der Waals surface area contributed by atoms with Gasteiger partial charge in [-0.3, -0.25) is 0 Å². The second-order valence-electron chi connectivity index (χ2n) is 3.24. The minimum Gasteiger partial charge on any atom is -0.329 e. The van der Waals surface area contributed by atoms with E-state index in [2.05, 4.69) is 9.97 Å². The Labute approximate surface area is 97.5 Å². The lowest BCUT2D eigenvalue weighted by atomic mass is 10.3. The number of benzene rings is 1. The van der Waals surface area contributed by atoms with Crippen molar-refractivity contribution in [2.45, 2.75) is 0 Å². The molecule has 0 aliphatic carbocycles. The molecule has 0 unspecified atom stereocenters. The molecule has 0 N–H and O–H groups in total. The molecule has 0 fully saturated rings. The van der Waals surface area contributed by atoms with Gasteiger partial charge in [0.1, 0.15) is 23.1 Å². The Balaban J connectivity index is 2.35. The summed E-state index contributed by atoms with van der Waals surface area (Å²) in [5, 5.41) is 0.355. The van der Waals surface area contributed by atoms with Crippen molar-refractivity contribution in [3.05, 3.63) is 47.6 Å².